The van der Waals surface area contributed by atoms with E-state index in [4.69, 9.17) is 10.2 Å². The van der Waals surface area contributed by atoms with Crippen molar-refractivity contribution < 1.29 is 4.42 Å². The zero-order valence-corrected chi connectivity index (χ0v) is 8.36. The molecule has 0 saturated heterocycles. The zero-order chi connectivity index (χ0) is 10.3. The number of benzene rings is 1. The van der Waals surface area contributed by atoms with Crippen molar-refractivity contribution in [2.75, 3.05) is 5.73 Å². The average Bonchev–Trinajstić information content (AvgIpc) is 2.86. The van der Waals surface area contributed by atoms with Crippen molar-refractivity contribution in [3.05, 3.63) is 24.4 Å². The summed E-state index contributed by atoms with van der Waals surface area (Å²) in [5.41, 5.74) is 7.74. The van der Waals surface area contributed by atoms with E-state index in [9.17, 15) is 0 Å². The Morgan fingerprint density at radius 2 is 2.27 bits per heavy atom. The van der Waals surface area contributed by atoms with E-state index in [0.29, 0.717) is 22.7 Å². The summed E-state index contributed by atoms with van der Waals surface area (Å²) in [5.74, 6) is 0.512. The lowest BCUT2D eigenvalue weighted by Gasteiger charge is -1.89. The molecule has 0 atom stereocenters. The molecule has 74 valence electrons. The summed E-state index contributed by atoms with van der Waals surface area (Å²) in [6.45, 7) is 0. The smallest absolute Gasteiger partial charge is 0.240 e. The molecule has 0 amide bonds. The second-order valence-electron chi connectivity index (χ2n) is 2.99. The Kier molecular flexibility index (Phi) is 1.69. The molecule has 0 bridgehead atoms. The van der Waals surface area contributed by atoms with Crippen LogP contribution in [0.1, 0.15) is 0 Å². The maximum Gasteiger partial charge on any atom is 0.240 e. The fourth-order valence-corrected chi connectivity index (χ4v) is 1.78. The predicted molar refractivity (Wildman–Crippen MR) is 57.3 cm³/mol. The number of nitrogen functional groups attached to an aromatic ring is 1. The second-order valence-corrected chi connectivity index (χ2v) is 3.78. The van der Waals surface area contributed by atoms with Gasteiger partial charge in [-0.25, -0.2) is 4.98 Å². The molecule has 5 nitrogen and oxygen atoms in total. The molecule has 0 saturated carbocycles. The van der Waals surface area contributed by atoms with Gasteiger partial charge in [0, 0.05) is 0 Å². The number of rotatable bonds is 1. The number of nitrogens with two attached hydrogens (primary N) is 1. The summed E-state index contributed by atoms with van der Waals surface area (Å²) in [6.07, 6.45) is 1.62. The van der Waals surface area contributed by atoms with E-state index < -0.39 is 0 Å². The molecular formula is C9H6N4OS. The molecule has 0 fully saturated rings. The highest BCUT2D eigenvalue weighted by Gasteiger charge is 2.11. The Balaban J connectivity index is 2.27. The van der Waals surface area contributed by atoms with Crippen LogP contribution in [0, 0.1) is 0 Å². The molecule has 1 aromatic carbocycles. The first-order valence-corrected chi connectivity index (χ1v) is 5.05. The highest BCUT2D eigenvalue weighted by molar-refractivity contribution is 7.09. The van der Waals surface area contributed by atoms with Gasteiger partial charge in [0.1, 0.15) is 10.4 Å². The van der Waals surface area contributed by atoms with Gasteiger partial charge in [0.2, 0.25) is 5.89 Å². The van der Waals surface area contributed by atoms with Crippen LogP contribution in [0.3, 0.4) is 0 Å². The van der Waals surface area contributed by atoms with Gasteiger partial charge in [-0.1, -0.05) is 10.6 Å². The monoisotopic (exact) mass is 218 g/mol. The molecule has 3 rings (SSSR count). The topological polar surface area (TPSA) is 77.8 Å². The number of nitrogens with zero attached hydrogens (tertiary/aromatic N) is 3. The van der Waals surface area contributed by atoms with Gasteiger partial charge >= 0.3 is 0 Å². The molecule has 3 aromatic rings. The minimum Gasteiger partial charge on any atom is -0.435 e. The first-order chi connectivity index (χ1) is 7.34. The normalized spacial score (nSPS) is 10.9. The third-order valence-corrected chi connectivity index (χ3v) is 2.67. The zero-order valence-electron chi connectivity index (χ0n) is 7.54. The molecule has 2 aromatic heterocycles. The Labute approximate surface area is 88.7 Å². The maximum atomic E-state index is 5.77. The standard InChI is InChI=1S/C9H6N4OS/c10-5-2-1-3-6-8(5)12-9(14-6)7-4-11-13-15-7/h1-4H,10H2. The number of fused-ring (bicyclic) bond motifs is 1. The summed E-state index contributed by atoms with van der Waals surface area (Å²) in [5, 5.41) is 3.73. The third kappa shape index (κ3) is 1.26. The van der Waals surface area contributed by atoms with Crippen molar-refractivity contribution in [1.29, 1.82) is 0 Å². The van der Waals surface area contributed by atoms with Crippen molar-refractivity contribution in [3.63, 3.8) is 0 Å². The minimum absolute atomic E-state index is 0.512. The predicted octanol–water partition coefficient (Wildman–Crippen LogP) is 1.93. The lowest BCUT2D eigenvalue weighted by atomic mass is 10.3. The number of anilines is 1. The van der Waals surface area contributed by atoms with Gasteiger partial charge < -0.3 is 10.2 Å². The Hall–Kier alpha value is -1.95. The molecule has 0 radical (unpaired) electrons. The van der Waals surface area contributed by atoms with Crippen LogP contribution in [0.4, 0.5) is 5.69 Å². The Bertz CT molecular complexity index is 602. The van der Waals surface area contributed by atoms with E-state index in [0.717, 1.165) is 4.88 Å². The van der Waals surface area contributed by atoms with Crippen LogP contribution in [0.25, 0.3) is 21.9 Å². The van der Waals surface area contributed by atoms with Gasteiger partial charge in [0.05, 0.1) is 11.9 Å². The lowest BCUT2D eigenvalue weighted by molar-refractivity contribution is 0.621. The van der Waals surface area contributed by atoms with Crippen LogP contribution in [0.2, 0.25) is 0 Å². The van der Waals surface area contributed by atoms with Gasteiger partial charge in [-0.2, -0.15) is 0 Å². The van der Waals surface area contributed by atoms with E-state index >= 15 is 0 Å². The molecule has 0 aliphatic heterocycles. The summed E-state index contributed by atoms with van der Waals surface area (Å²) in [7, 11) is 0. The quantitative estimate of drug-likeness (QED) is 0.631. The summed E-state index contributed by atoms with van der Waals surface area (Å²) < 4.78 is 9.28. The second kappa shape index (κ2) is 3.03. The number of hydrogen-bond acceptors (Lipinski definition) is 6. The van der Waals surface area contributed by atoms with Crippen molar-refractivity contribution in [3.8, 4) is 10.8 Å². The lowest BCUT2D eigenvalue weighted by Crippen LogP contribution is -1.84. The van der Waals surface area contributed by atoms with Gasteiger partial charge in [0.25, 0.3) is 0 Å². The van der Waals surface area contributed by atoms with E-state index in [1.807, 2.05) is 12.1 Å². The number of para-hydroxylation sites is 1. The van der Waals surface area contributed by atoms with Crippen LogP contribution in [0.5, 0.6) is 0 Å². The van der Waals surface area contributed by atoms with Crippen LogP contribution in [-0.2, 0) is 0 Å². The number of hydrogen-bond donors (Lipinski definition) is 1. The van der Waals surface area contributed by atoms with E-state index in [-0.39, 0.29) is 0 Å². The van der Waals surface area contributed by atoms with Crippen molar-refractivity contribution >= 4 is 28.3 Å². The Morgan fingerprint density at radius 1 is 1.33 bits per heavy atom. The summed E-state index contributed by atoms with van der Waals surface area (Å²) in [6, 6.07) is 5.45. The van der Waals surface area contributed by atoms with Gasteiger partial charge in [-0.15, -0.1) is 5.10 Å². The van der Waals surface area contributed by atoms with Crippen molar-refractivity contribution in [2.24, 2.45) is 0 Å². The Morgan fingerprint density at radius 3 is 3.00 bits per heavy atom. The average molecular weight is 218 g/mol. The maximum absolute atomic E-state index is 5.77. The first-order valence-electron chi connectivity index (χ1n) is 4.27. The molecule has 0 aliphatic carbocycles. The van der Waals surface area contributed by atoms with Crippen LogP contribution >= 0.6 is 11.5 Å². The largest absolute Gasteiger partial charge is 0.435 e. The van der Waals surface area contributed by atoms with Crippen LogP contribution in [-0.4, -0.2) is 14.6 Å². The molecular weight excluding hydrogens is 212 g/mol. The SMILES string of the molecule is Nc1cccc2oc(-c3cnns3)nc12. The number of oxazole rings is 1. The molecule has 0 unspecified atom stereocenters. The van der Waals surface area contributed by atoms with E-state index in [1.165, 1.54) is 11.5 Å². The third-order valence-electron chi connectivity index (χ3n) is 2.02. The van der Waals surface area contributed by atoms with Crippen molar-refractivity contribution in [2.45, 2.75) is 0 Å². The molecule has 15 heavy (non-hydrogen) atoms. The summed E-state index contributed by atoms with van der Waals surface area (Å²) >= 11 is 1.24. The van der Waals surface area contributed by atoms with Gasteiger partial charge in [0.15, 0.2) is 5.58 Å². The van der Waals surface area contributed by atoms with E-state index in [1.54, 1.807) is 12.3 Å². The van der Waals surface area contributed by atoms with E-state index in [2.05, 4.69) is 14.6 Å². The van der Waals surface area contributed by atoms with Gasteiger partial charge in [-0.05, 0) is 23.7 Å². The molecule has 2 heterocycles. The fraction of sp³-hybridized carbons (Fsp3) is 0. The van der Waals surface area contributed by atoms with Crippen LogP contribution in [0.15, 0.2) is 28.8 Å². The highest BCUT2D eigenvalue weighted by atomic mass is 32.1. The van der Waals surface area contributed by atoms with Crippen LogP contribution < -0.4 is 5.73 Å². The minimum atomic E-state index is 0.512. The molecule has 0 aliphatic rings. The molecule has 0 spiro atoms. The number of aromatic nitrogens is 3. The van der Waals surface area contributed by atoms with Crippen molar-refractivity contribution in [1.82, 2.24) is 14.6 Å². The molecule has 6 heteroatoms. The fourth-order valence-electron chi connectivity index (χ4n) is 1.34. The molecule has 2 N–H and O–H groups in total. The summed E-state index contributed by atoms with van der Waals surface area (Å²) in [4.78, 5) is 5.09. The first kappa shape index (κ1) is 8.37. The van der Waals surface area contributed by atoms with Gasteiger partial charge in [-0.3, -0.25) is 0 Å². The highest BCUT2D eigenvalue weighted by Crippen LogP contribution is 2.28.